The monoisotopic (exact) mass is 260 g/mol. The molecule has 2 N–H and O–H groups in total. The maximum absolute atomic E-state index is 12.9. The molecular formula is C12H18ClFN2O. The van der Waals surface area contributed by atoms with Crippen molar-refractivity contribution in [3.8, 4) is 0 Å². The summed E-state index contributed by atoms with van der Waals surface area (Å²) in [6, 6.07) is 4.75. The third kappa shape index (κ3) is 5.98. The minimum atomic E-state index is -0.378. The molecule has 0 aromatic heterocycles. The van der Waals surface area contributed by atoms with Crippen molar-refractivity contribution < 1.29 is 9.13 Å². The van der Waals surface area contributed by atoms with Gasteiger partial charge in [-0.3, -0.25) is 0 Å². The van der Waals surface area contributed by atoms with Crippen LogP contribution >= 0.6 is 11.6 Å². The third-order valence-corrected chi connectivity index (χ3v) is 2.56. The molecule has 0 radical (unpaired) electrons. The van der Waals surface area contributed by atoms with Gasteiger partial charge in [-0.2, -0.15) is 0 Å². The van der Waals surface area contributed by atoms with Crippen LogP contribution in [0.3, 0.4) is 0 Å². The first-order valence-corrected chi connectivity index (χ1v) is 5.96. The topological polar surface area (TPSA) is 33.3 Å². The summed E-state index contributed by atoms with van der Waals surface area (Å²) in [4.78, 5) is 0. The first-order chi connectivity index (χ1) is 8.24. The quantitative estimate of drug-likeness (QED) is 0.700. The van der Waals surface area contributed by atoms with Gasteiger partial charge in [-0.25, -0.2) is 4.39 Å². The first-order valence-electron chi connectivity index (χ1n) is 5.58. The maximum Gasteiger partial charge on any atom is 0.141 e. The van der Waals surface area contributed by atoms with Crippen molar-refractivity contribution in [2.45, 2.75) is 6.54 Å². The minimum Gasteiger partial charge on any atom is -0.383 e. The summed E-state index contributed by atoms with van der Waals surface area (Å²) >= 11 is 5.68. The number of hydrogen-bond donors (Lipinski definition) is 2. The fraction of sp³-hybridized carbons (Fsp3) is 0.500. The molecule has 1 rings (SSSR count). The van der Waals surface area contributed by atoms with Crippen LogP contribution in [0.25, 0.3) is 0 Å². The summed E-state index contributed by atoms with van der Waals surface area (Å²) in [5.41, 5.74) is 0.980. The summed E-state index contributed by atoms with van der Waals surface area (Å²) in [5, 5.41) is 6.63. The van der Waals surface area contributed by atoms with Gasteiger partial charge in [-0.05, 0) is 17.7 Å². The molecule has 3 nitrogen and oxygen atoms in total. The summed E-state index contributed by atoms with van der Waals surface area (Å²) in [6.07, 6.45) is 0. The highest BCUT2D eigenvalue weighted by Crippen LogP contribution is 2.15. The highest BCUT2D eigenvalue weighted by atomic mass is 35.5. The van der Waals surface area contributed by atoms with Gasteiger partial charge < -0.3 is 15.4 Å². The predicted molar refractivity (Wildman–Crippen MR) is 67.9 cm³/mol. The van der Waals surface area contributed by atoms with Crippen molar-refractivity contribution in [3.63, 3.8) is 0 Å². The van der Waals surface area contributed by atoms with Gasteiger partial charge in [-0.15, -0.1) is 0 Å². The second-order valence-electron chi connectivity index (χ2n) is 3.67. The van der Waals surface area contributed by atoms with Gasteiger partial charge in [0.15, 0.2) is 0 Å². The second-order valence-corrected chi connectivity index (χ2v) is 4.08. The average Bonchev–Trinajstić information content (AvgIpc) is 2.32. The maximum atomic E-state index is 12.9. The molecule has 5 heteroatoms. The zero-order valence-electron chi connectivity index (χ0n) is 9.93. The molecule has 0 spiro atoms. The van der Waals surface area contributed by atoms with Crippen LogP contribution in [0.2, 0.25) is 5.02 Å². The molecule has 0 aliphatic heterocycles. The molecule has 0 aliphatic carbocycles. The van der Waals surface area contributed by atoms with E-state index >= 15 is 0 Å². The Balaban J connectivity index is 2.11. The molecule has 0 aliphatic rings. The van der Waals surface area contributed by atoms with Gasteiger partial charge in [0.1, 0.15) is 5.82 Å². The number of hydrogen-bond acceptors (Lipinski definition) is 3. The predicted octanol–water partition coefficient (Wildman–Crippen LogP) is 1.80. The molecule has 0 unspecified atom stereocenters. The van der Waals surface area contributed by atoms with Crippen LogP contribution in [0.1, 0.15) is 5.56 Å². The SMILES string of the molecule is COCCNCCNCc1ccc(F)c(Cl)c1. The largest absolute Gasteiger partial charge is 0.383 e. The third-order valence-electron chi connectivity index (χ3n) is 2.27. The molecule has 0 bridgehead atoms. The van der Waals surface area contributed by atoms with Crippen molar-refractivity contribution in [3.05, 3.63) is 34.6 Å². The number of methoxy groups -OCH3 is 1. The smallest absolute Gasteiger partial charge is 0.141 e. The van der Waals surface area contributed by atoms with Crippen LogP contribution in [0.15, 0.2) is 18.2 Å². The Morgan fingerprint density at radius 2 is 2.00 bits per heavy atom. The normalized spacial score (nSPS) is 10.8. The van der Waals surface area contributed by atoms with Crippen molar-refractivity contribution in [2.24, 2.45) is 0 Å². The molecule has 0 atom stereocenters. The van der Waals surface area contributed by atoms with E-state index in [-0.39, 0.29) is 10.8 Å². The zero-order valence-corrected chi connectivity index (χ0v) is 10.7. The molecule has 1 aromatic carbocycles. The minimum absolute atomic E-state index is 0.169. The van der Waals surface area contributed by atoms with Crippen LogP contribution in [0.4, 0.5) is 4.39 Å². The Morgan fingerprint density at radius 1 is 1.24 bits per heavy atom. The zero-order chi connectivity index (χ0) is 12.5. The number of rotatable bonds is 8. The fourth-order valence-electron chi connectivity index (χ4n) is 1.36. The van der Waals surface area contributed by atoms with Gasteiger partial charge in [0.05, 0.1) is 11.6 Å². The van der Waals surface area contributed by atoms with Crippen molar-refractivity contribution in [2.75, 3.05) is 33.4 Å². The Labute approximate surface area is 106 Å². The fourth-order valence-corrected chi connectivity index (χ4v) is 1.56. The van der Waals surface area contributed by atoms with E-state index in [9.17, 15) is 4.39 Å². The lowest BCUT2D eigenvalue weighted by atomic mass is 10.2. The van der Waals surface area contributed by atoms with Crippen LogP contribution < -0.4 is 10.6 Å². The summed E-state index contributed by atoms with van der Waals surface area (Å²) in [7, 11) is 1.68. The van der Waals surface area contributed by atoms with Crippen LogP contribution in [0, 0.1) is 5.82 Å². The van der Waals surface area contributed by atoms with E-state index in [4.69, 9.17) is 16.3 Å². The van der Waals surface area contributed by atoms with Gasteiger partial charge in [-0.1, -0.05) is 17.7 Å². The number of benzene rings is 1. The van der Waals surface area contributed by atoms with E-state index in [0.29, 0.717) is 13.2 Å². The van der Waals surface area contributed by atoms with E-state index in [1.165, 1.54) is 6.07 Å². The number of halogens is 2. The Kier molecular flexibility index (Phi) is 7.12. The van der Waals surface area contributed by atoms with Crippen molar-refractivity contribution in [1.29, 1.82) is 0 Å². The van der Waals surface area contributed by atoms with E-state index in [1.807, 2.05) is 0 Å². The van der Waals surface area contributed by atoms with Crippen molar-refractivity contribution >= 4 is 11.6 Å². The Hall–Kier alpha value is -0.680. The van der Waals surface area contributed by atoms with E-state index in [0.717, 1.165) is 25.2 Å². The Morgan fingerprint density at radius 3 is 2.71 bits per heavy atom. The molecule has 0 fully saturated rings. The molecule has 0 saturated carbocycles. The van der Waals surface area contributed by atoms with E-state index in [1.54, 1.807) is 19.2 Å². The summed E-state index contributed by atoms with van der Waals surface area (Å²) in [6.45, 7) is 3.97. The highest BCUT2D eigenvalue weighted by molar-refractivity contribution is 6.30. The first kappa shape index (κ1) is 14.4. The second kappa shape index (κ2) is 8.42. The lowest BCUT2D eigenvalue weighted by molar-refractivity contribution is 0.199. The molecule has 0 saturated heterocycles. The standard InChI is InChI=1S/C12H18ClFN2O/c1-17-7-6-15-4-5-16-9-10-2-3-12(14)11(13)8-10/h2-3,8,15-16H,4-7,9H2,1H3. The number of ether oxygens (including phenoxy) is 1. The van der Waals surface area contributed by atoms with Gasteiger partial charge in [0.25, 0.3) is 0 Å². The lowest BCUT2D eigenvalue weighted by Gasteiger charge is -2.07. The molecule has 0 heterocycles. The van der Waals surface area contributed by atoms with Crippen LogP contribution in [-0.2, 0) is 11.3 Å². The van der Waals surface area contributed by atoms with Gasteiger partial charge in [0.2, 0.25) is 0 Å². The molecule has 17 heavy (non-hydrogen) atoms. The molecule has 96 valence electrons. The molecule has 0 amide bonds. The summed E-state index contributed by atoms with van der Waals surface area (Å²) in [5.74, 6) is -0.378. The Bertz CT molecular complexity index is 336. The molecule has 1 aromatic rings. The van der Waals surface area contributed by atoms with Crippen LogP contribution in [-0.4, -0.2) is 33.4 Å². The lowest BCUT2D eigenvalue weighted by Crippen LogP contribution is -2.29. The summed E-state index contributed by atoms with van der Waals surface area (Å²) < 4.78 is 17.8. The van der Waals surface area contributed by atoms with E-state index in [2.05, 4.69) is 10.6 Å². The average molecular weight is 261 g/mol. The van der Waals surface area contributed by atoms with E-state index < -0.39 is 0 Å². The highest BCUT2D eigenvalue weighted by Gasteiger charge is 2.00. The molecular weight excluding hydrogens is 243 g/mol. The van der Waals surface area contributed by atoms with Gasteiger partial charge in [0, 0.05) is 33.3 Å². The van der Waals surface area contributed by atoms with Crippen molar-refractivity contribution in [1.82, 2.24) is 10.6 Å². The number of nitrogens with one attached hydrogen (secondary N) is 2. The van der Waals surface area contributed by atoms with Crippen LogP contribution in [0.5, 0.6) is 0 Å². The van der Waals surface area contributed by atoms with Gasteiger partial charge >= 0.3 is 0 Å².